The van der Waals surface area contributed by atoms with Gasteiger partial charge in [-0.15, -0.1) is 0 Å². The molecule has 1 unspecified atom stereocenters. The van der Waals surface area contributed by atoms with Crippen molar-refractivity contribution in [2.75, 3.05) is 19.6 Å². The van der Waals surface area contributed by atoms with Gasteiger partial charge in [-0.25, -0.2) is 0 Å². The van der Waals surface area contributed by atoms with Crippen LogP contribution in [-0.4, -0.2) is 24.5 Å². The molecule has 0 radical (unpaired) electrons. The molecular formula is C18H30N2. The lowest BCUT2D eigenvalue weighted by Crippen LogP contribution is -2.25. The molecule has 1 saturated heterocycles. The average molecular weight is 274 g/mol. The number of rotatable bonds is 4. The molecule has 0 saturated carbocycles. The van der Waals surface area contributed by atoms with Crippen LogP contribution in [0.15, 0.2) is 24.3 Å². The van der Waals surface area contributed by atoms with Gasteiger partial charge in [0.25, 0.3) is 0 Å². The minimum atomic E-state index is 0.461. The molecule has 2 heteroatoms. The molecule has 1 aliphatic heterocycles. The lowest BCUT2D eigenvalue weighted by molar-refractivity contribution is 0.256. The summed E-state index contributed by atoms with van der Waals surface area (Å²) in [5.74, 6) is 0.461. The summed E-state index contributed by atoms with van der Waals surface area (Å²) in [4.78, 5) is 2.61. The molecule has 1 fully saturated rings. The maximum Gasteiger partial charge on any atom is 0.0233 e. The maximum absolute atomic E-state index is 5.73. The van der Waals surface area contributed by atoms with E-state index in [2.05, 4.69) is 49.9 Å². The van der Waals surface area contributed by atoms with Gasteiger partial charge < -0.3 is 5.73 Å². The lowest BCUT2D eigenvalue weighted by atomic mass is 9.85. The third kappa shape index (κ3) is 4.32. The number of benzene rings is 1. The Morgan fingerprint density at radius 3 is 2.50 bits per heavy atom. The minimum Gasteiger partial charge on any atom is -0.330 e. The molecule has 1 aliphatic rings. The first-order valence-electron chi connectivity index (χ1n) is 8.01. The third-order valence-corrected chi connectivity index (χ3v) is 4.74. The summed E-state index contributed by atoms with van der Waals surface area (Å²) >= 11 is 0. The molecule has 0 spiro atoms. The van der Waals surface area contributed by atoms with Gasteiger partial charge in [-0.1, -0.05) is 45.0 Å². The van der Waals surface area contributed by atoms with Crippen molar-refractivity contribution in [2.45, 2.75) is 52.5 Å². The summed E-state index contributed by atoms with van der Waals surface area (Å²) < 4.78 is 0. The summed E-state index contributed by atoms with van der Waals surface area (Å²) in [6.45, 7) is 11.3. The highest BCUT2D eigenvalue weighted by atomic mass is 15.1. The van der Waals surface area contributed by atoms with E-state index in [1.54, 1.807) is 0 Å². The van der Waals surface area contributed by atoms with Crippen molar-refractivity contribution in [3.05, 3.63) is 35.4 Å². The molecule has 1 aromatic rings. The second-order valence-corrected chi connectivity index (χ2v) is 7.17. The van der Waals surface area contributed by atoms with Gasteiger partial charge in [0.1, 0.15) is 0 Å². The minimum absolute atomic E-state index is 0.461. The van der Waals surface area contributed by atoms with Crippen LogP contribution in [0.1, 0.15) is 57.1 Å². The lowest BCUT2D eigenvalue weighted by Gasteiger charge is -2.23. The van der Waals surface area contributed by atoms with E-state index in [-0.39, 0.29) is 0 Å². The van der Waals surface area contributed by atoms with Crippen LogP contribution < -0.4 is 5.73 Å². The highest BCUT2D eigenvalue weighted by Gasteiger charge is 2.22. The van der Waals surface area contributed by atoms with Gasteiger partial charge >= 0.3 is 0 Å². The van der Waals surface area contributed by atoms with Crippen molar-refractivity contribution >= 4 is 0 Å². The van der Waals surface area contributed by atoms with Gasteiger partial charge in [0.2, 0.25) is 0 Å². The van der Waals surface area contributed by atoms with Crippen molar-refractivity contribution in [1.29, 1.82) is 0 Å². The standard InChI is InChI=1S/C18H30N2/c1-15(13-19)17-7-5-16(6-8-17)14-20-11-4-9-18(2,3)10-12-20/h5-8,15H,4,9-14,19H2,1-3H3. The number of hydrogen-bond donors (Lipinski definition) is 1. The quantitative estimate of drug-likeness (QED) is 0.906. The fourth-order valence-electron chi connectivity index (χ4n) is 2.98. The molecule has 2 N–H and O–H groups in total. The van der Waals surface area contributed by atoms with E-state index < -0.39 is 0 Å². The van der Waals surface area contributed by atoms with Crippen LogP contribution in [0.2, 0.25) is 0 Å². The number of nitrogens with zero attached hydrogens (tertiary/aromatic N) is 1. The smallest absolute Gasteiger partial charge is 0.0233 e. The molecular weight excluding hydrogens is 244 g/mol. The van der Waals surface area contributed by atoms with Crippen molar-refractivity contribution in [1.82, 2.24) is 4.90 Å². The van der Waals surface area contributed by atoms with E-state index >= 15 is 0 Å². The van der Waals surface area contributed by atoms with Gasteiger partial charge in [-0.05, 0) is 61.4 Å². The second kappa shape index (κ2) is 6.73. The van der Waals surface area contributed by atoms with Gasteiger partial charge in [0.05, 0.1) is 0 Å². The van der Waals surface area contributed by atoms with Crippen molar-refractivity contribution in [2.24, 2.45) is 11.1 Å². The number of likely N-dealkylation sites (tertiary alicyclic amines) is 1. The zero-order chi connectivity index (χ0) is 14.6. The Balaban J connectivity index is 1.93. The molecule has 1 aromatic carbocycles. The molecule has 112 valence electrons. The van der Waals surface area contributed by atoms with E-state index in [1.807, 2.05) is 0 Å². The van der Waals surface area contributed by atoms with Crippen LogP contribution in [0.4, 0.5) is 0 Å². The highest BCUT2D eigenvalue weighted by molar-refractivity contribution is 5.25. The largest absolute Gasteiger partial charge is 0.330 e. The fourth-order valence-corrected chi connectivity index (χ4v) is 2.98. The Hall–Kier alpha value is -0.860. The zero-order valence-corrected chi connectivity index (χ0v) is 13.4. The molecule has 20 heavy (non-hydrogen) atoms. The Labute approximate surface area is 124 Å². The van der Waals surface area contributed by atoms with E-state index in [0.717, 1.165) is 13.1 Å². The van der Waals surface area contributed by atoms with Gasteiger partial charge in [0, 0.05) is 6.54 Å². The van der Waals surface area contributed by atoms with Crippen LogP contribution in [0.25, 0.3) is 0 Å². The molecule has 2 rings (SSSR count). The zero-order valence-electron chi connectivity index (χ0n) is 13.4. The molecule has 0 aromatic heterocycles. The first-order valence-corrected chi connectivity index (χ1v) is 8.01. The SMILES string of the molecule is CC(CN)c1ccc(CN2CCCC(C)(C)CC2)cc1. The summed E-state index contributed by atoms with van der Waals surface area (Å²) in [6, 6.07) is 9.04. The second-order valence-electron chi connectivity index (χ2n) is 7.17. The van der Waals surface area contributed by atoms with Crippen LogP contribution >= 0.6 is 0 Å². The van der Waals surface area contributed by atoms with Crippen LogP contribution in [0.3, 0.4) is 0 Å². The monoisotopic (exact) mass is 274 g/mol. The molecule has 0 aliphatic carbocycles. The molecule has 0 bridgehead atoms. The van der Waals surface area contributed by atoms with Gasteiger partial charge in [0.15, 0.2) is 0 Å². The molecule has 0 amide bonds. The normalized spacial score (nSPS) is 21.4. The van der Waals surface area contributed by atoms with E-state index in [1.165, 1.54) is 43.5 Å². The van der Waals surface area contributed by atoms with E-state index in [4.69, 9.17) is 5.73 Å². The topological polar surface area (TPSA) is 29.3 Å². The van der Waals surface area contributed by atoms with Crippen molar-refractivity contribution in [3.63, 3.8) is 0 Å². The summed E-state index contributed by atoms with van der Waals surface area (Å²) in [5.41, 5.74) is 9.03. The fraction of sp³-hybridized carbons (Fsp3) is 0.667. The molecule has 1 heterocycles. The van der Waals surface area contributed by atoms with Crippen LogP contribution in [0, 0.1) is 5.41 Å². The summed E-state index contributed by atoms with van der Waals surface area (Å²) in [5, 5.41) is 0. The van der Waals surface area contributed by atoms with E-state index in [0.29, 0.717) is 11.3 Å². The van der Waals surface area contributed by atoms with Crippen molar-refractivity contribution in [3.8, 4) is 0 Å². The predicted octanol–water partition coefficient (Wildman–Crippen LogP) is 3.76. The first-order chi connectivity index (χ1) is 9.50. The van der Waals surface area contributed by atoms with Crippen LogP contribution in [-0.2, 0) is 6.54 Å². The first kappa shape index (κ1) is 15.5. The molecule has 2 nitrogen and oxygen atoms in total. The third-order valence-electron chi connectivity index (χ3n) is 4.74. The highest BCUT2D eigenvalue weighted by Crippen LogP contribution is 2.30. The van der Waals surface area contributed by atoms with Crippen molar-refractivity contribution < 1.29 is 0 Å². The number of hydrogen-bond acceptors (Lipinski definition) is 2. The predicted molar refractivity (Wildman–Crippen MR) is 86.8 cm³/mol. The van der Waals surface area contributed by atoms with Gasteiger partial charge in [-0.3, -0.25) is 4.90 Å². The van der Waals surface area contributed by atoms with Crippen LogP contribution in [0.5, 0.6) is 0 Å². The Morgan fingerprint density at radius 2 is 1.85 bits per heavy atom. The maximum atomic E-state index is 5.73. The Kier molecular flexibility index (Phi) is 5.22. The van der Waals surface area contributed by atoms with E-state index in [9.17, 15) is 0 Å². The Bertz CT molecular complexity index is 408. The summed E-state index contributed by atoms with van der Waals surface area (Å²) in [6.07, 6.45) is 4.00. The van der Waals surface area contributed by atoms with Gasteiger partial charge in [-0.2, -0.15) is 0 Å². The summed E-state index contributed by atoms with van der Waals surface area (Å²) in [7, 11) is 0. The molecule has 1 atom stereocenters. The number of nitrogens with two attached hydrogens (primary N) is 1. The Morgan fingerprint density at radius 1 is 1.15 bits per heavy atom. The average Bonchev–Trinajstić information content (AvgIpc) is 2.60.